The Hall–Kier alpha value is -1.84. The maximum atomic E-state index is 12.1. The summed E-state index contributed by atoms with van der Waals surface area (Å²) >= 11 is 0. The number of Topliss-reactive ketones (excluding diaryl/α,β-unsaturated/α-hetero) is 1. The van der Waals surface area contributed by atoms with E-state index in [9.17, 15) is 4.79 Å². The summed E-state index contributed by atoms with van der Waals surface area (Å²) in [5.41, 5.74) is 2.62. The van der Waals surface area contributed by atoms with Crippen LogP contribution in [-0.2, 0) is 4.74 Å². The zero-order chi connectivity index (χ0) is 13.1. The molecule has 4 heteroatoms. The Morgan fingerprint density at radius 1 is 1.39 bits per heavy atom. The Labute approximate surface area is 107 Å². The first-order chi connectivity index (χ1) is 8.61. The van der Waals surface area contributed by atoms with Crippen molar-refractivity contribution in [1.82, 2.24) is 0 Å². The van der Waals surface area contributed by atoms with Crippen LogP contribution in [0.4, 0.5) is 0 Å². The minimum Gasteiger partial charge on any atom is -0.496 e. The van der Waals surface area contributed by atoms with Crippen LogP contribution in [0.5, 0.6) is 5.75 Å². The average Bonchev–Trinajstić information content (AvgIpc) is 2.81. The van der Waals surface area contributed by atoms with E-state index in [1.165, 1.54) is 0 Å². The lowest BCUT2D eigenvalue weighted by Gasteiger charge is -2.10. The number of hydrogen-bond acceptors (Lipinski definition) is 4. The number of carbonyl (C=O) groups is 1. The highest BCUT2D eigenvalue weighted by Crippen LogP contribution is 2.25. The van der Waals surface area contributed by atoms with Crippen molar-refractivity contribution in [3.8, 4) is 5.75 Å². The van der Waals surface area contributed by atoms with Gasteiger partial charge in [-0.2, -0.15) is 0 Å². The van der Waals surface area contributed by atoms with Crippen LogP contribution >= 0.6 is 0 Å². The van der Waals surface area contributed by atoms with E-state index >= 15 is 0 Å². The Morgan fingerprint density at radius 3 is 2.56 bits per heavy atom. The van der Waals surface area contributed by atoms with E-state index < -0.39 is 0 Å². The van der Waals surface area contributed by atoms with Gasteiger partial charge >= 0.3 is 0 Å². The van der Waals surface area contributed by atoms with Gasteiger partial charge in [0.25, 0.3) is 0 Å². The van der Waals surface area contributed by atoms with Crippen molar-refractivity contribution in [3.05, 3.63) is 28.8 Å². The van der Waals surface area contributed by atoms with Gasteiger partial charge in [0, 0.05) is 5.56 Å². The maximum absolute atomic E-state index is 12.1. The summed E-state index contributed by atoms with van der Waals surface area (Å²) in [5, 5.41) is 0. The molecule has 0 spiro atoms. The molecule has 0 saturated heterocycles. The number of ketones is 1. The summed E-state index contributed by atoms with van der Waals surface area (Å²) in [6.45, 7) is 5.12. The number of ether oxygens (including phenoxy) is 2. The summed E-state index contributed by atoms with van der Waals surface area (Å²) in [6, 6.07) is 3.70. The number of carbonyl (C=O) groups excluding carboxylic acids is 1. The van der Waals surface area contributed by atoms with E-state index in [-0.39, 0.29) is 12.2 Å². The molecule has 0 fully saturated rings. The second-order valence-corrected chi connectivity index (χ2v) is 4.37. The van der Waals surface area contributed by atoms with Crippen LogP contribution in [0.3, 0.4) is 0 Å². The van der Waals surface area contributed by atoms with E-state index in [0.717, 1.165) is 16.9 Å². The van der Waals surface area contributed by atoms with Crippen molar-refractivity contribution < 1.29 is 14.3 Å². The van der Waals surface area contributed by atoms with Gasteiger partial charge in [-0.15, -0.1) is 0 Å². The van der Waals surface area contributed by atoms with Gasteiger partial charge in [-0.25, -0.2) is 0 Å². The van der Waals surface area contributed by atoms with E-state index in [4.69, 9.17) is 9.47 Å². The molecule has 0 N–H and O–H groups in total. The third kappa shape index (κ3) is 2.53. The van der Waals surface area contributed by atoms with Crippen molar-refractivity contribution in [3.63, 3.8) is 0 Å². The zero-order valence-corrected chi connectivity index (χ0v) is 10.9. The molecule has 0 aliphatic carbocycles. The molecular formula is C14H17NO3. The highest BCUT2D eigenvalue weighted by atomic mass is 16.5. The topological polar surface area (TPSA) is 47.9 Å². The molecule has 96 valence electrons. The van der Waals surface area contributed by atoms with Crippen molar-refractivity contribution in [2.24, 2.45) is 4.99 Å². The highest BCUT2D eigenvalue weighted by molar-refractivity contribution is 6.07. The molecule has 18 heavy (non-hydrogen) atoms. The average molecular weight is 247 g/mol. The van der Waals surface area contributed by atoms with E-state index in [1.54, 1.807) is 7.11 Å². The summed E-state index contributed by atoms with van der Waals surface area (Å²) < 4.78 is 10.5. The van der Waals surface area contributed by atoms with Crippen LogP contribution in [-0.4, -0.2) is 31.9 Å². The SMILES string of the molecule is COc1c(C)cc(C(=O)CC2=NCCO2)cc1C. The third-order valence-corrected chi connectivity index (χ3v) is 2.95. The monoisotopic (exact) mass is 247 g/mol. The Balaban J connectivity index is 2.20. The first-order valence-electron chi connectivity index (χ1n) is 5.96. The number of benzene rings is 1. The molecule has 0 saturated carbocycles. The van der Waals surface area contributed by atoms with Crippen molar-refractivity contribution in [2.75, 3.05) is 20.3 Å². The number of aliphatic imine (C=N–C) groups is 1. The fourth-order valence-corrected chi connectivity index (χ4v) is 2.16. The summed E-state index contributed by atoms with van der Waals surface area (Å²) in [5.74, 6) is 1.41. The predicted molar refractivity (Wildman–Crippen MR) is 69.7 cm³/mol. The number of nitrogens with zero attached hydrogens (tertiary/aromatic N) is 1. The summed E-state index contributed by atoms with van der Waals surface area (Å²) in [6.07, 6.45) is 0.241. The Bertz CT molecular complexity index is 483. The molecule has 0 atom stereocenters. The fraction of sp³-hybridized carbons (Fsp3) is 0.429. The van der Waals surface area contributed by atoms with Gasteiger partial charge in [-0.1, -0.05) is 0 Å². The van der Waals surface area contributed by atoms with Gasteiger partial charge in [-0.05, 0) is 37.1 Å². The molecule has 0 aromatic heterocycles. The van der Waals surface area contributed by atoms with Crippen molar-refractivity contribution in [1.29, 1.82) is 0 Å². The van der Waals surface area contributed by atoms with Gasteiger partial charge < -0.3 is 9.47 Å². The molecule has 1 aromatic rings. The number of hydrogen-bond donors (Lipinski definition) is 0. The molecule has 1 aliphatic heterocycles. The van der Waals surface area contributed by atoms with Crippen molar-refractivity contribution in [2.45, 2.75) is 20.3 Å². The van der Waals surface area contributed by atoms with E-state index in [1.807, 2.05) is 26.0 Å². The maximum Gasteiger partial charge on any atom is 0.191 e. The standard InChI is InChI=1S/C14H17NO3/c1-9-6-11(7-10(2)14(9)17-3)12(16)8-13-15-4-5-18-13/h6-7H,4-5,8H2,1-3H3. The van der Waals surface area contributed by atoms with Crippen LogP contribution in [0, 0.1) is 13.8 Å². The lowest BCUT2D eigenvalue weighted by Crippen LogP contribution is -2.09. The van der Waals surface area contributed by atoms with Crippen LogP contribution in [0.2, 0.25) is 0 Å². The fourth-order valence-electron chi connectivity index (χ4n) is 2.16. The van der Waals surface area contributed by atoms with Gasteiger partial charge in [-0.3, -0.25) is 9.79 Å². The normalized spacial score (nSPS) is 14.1. The molecule has 0 bridgehead atoms. The van der Waals surface area contributed by atoms with Gasteiger partial charge in [0.15, 0.2) is 11.7 Å². The molecule has 0 unspecified atom stereocenters. The second-order valence-electron chi connectivity index (χ2n) is 4.37. The van der Waals surface area contributed by atoms with Crippen LogP contribution in [0.25, 0.3) is 0 Å². The molecule has 0 amide bonds. The first kappa shape index (κ1) is 12.6. The molecule has 1 aliphatic rings. The van der Waals surface area contributed by atoms with Gasteiger partial charge in [0.1, 0.15) is 12.4 Å². The largest absolute Gasteiger partial charge is 0.496 e. The second kappa shape index (κ2) is 5.21. The third-order valence-electron chi connectivity index (χ3n) is 2.95. The molecule has 2 rings (SSSR count). The van der Waals surface area contributed by atoms with Crippen LogP contribution < -0.4 is 4.74 Å². The van der Waals surface area contributed by atoms with E-state index in [2.05, 4.69) is 4.99 Å². The molecular weight excluding hydrogens is 230 g/mol. The predicted octanol–water partition coefficient (Wildman–Crippen LogP) is 2.31. The number of aryl methyl sites for hydroxylation is 2. The summed E-state index contributed by atoms with van der Waals surface area (Å²) in [4.78, 5) is 16.2. The number of methoxy groups -OCH3 is 1. The Kier molecular flexibility index (Phi) is 3.65. The van der Waals surface area contributed by atoms with Crippen LogP contribution in [0.15, 0.2) is 17.1 Å². The zero-order valence-electron chi connectivity index (χ0n) is 10.9. The number of rotatable bonds is 4. The van der Waals surface area contributed by atoms with Crippen LogP contribution in [0.1, 0.15) is 27.9 Å². The molecule has 1 heterocycles. The first-order valence-corrected chi connectivity index (χ1v) is 5.96. The van der Waals surface area contributed by atoms with Gasteiger partial charge in [0.05, 0.1) is 20.1 Å². The lowest BCUT2D eigenvalue weighted by molar-refractivity contribution is 0.0994. The smallest absolute Gasteiger partial charge is 0.191 e. The minimum atomic E-state index is 0.0319. The molecule has 1 aromatic carbocycles. The lowest BCUT2D eigenvalue weighted by atomic mass is 10.0. The quantitative estimate of drug-likeness (QED) is 0.767. The van der Waals surface area contributed by atoms with Crippen molar-refractivity contribution >= 4 is 11.7 Å². The Morgan fingerprint density at radius 2 is 2.06 bits per heavy atom. The highest BCUT2D eigenvalue weighted by Gasteiger charge is 2.16. The summed E-state index contributed by atoms with van der Waals surface area (Å²) in [7, 11) is 1.64. The molecule has 0 radical (unpaired) electrons. The van der Waals surface area contributed by atoms with Gasteiger partial charge in [0.2, 0.25) is 0 Å². The van der Waals surface area contributed by atoms with E-state index in [0.29, 0.717) is 24.6 Å². The minimum absolute atomic E-state index is 0.0319. The molecule has 4 nitrogen and oxygen atoms in total.